The Morgan fingerprint density at radius 2 is 2.67 bits per heavy atom. The predicted octanol–water partition coefficient (Wildman–Crippen LogP) is 2.17. The van der Waals surface area contributed by atoms with E-state index in [1.165, 1.54) is 0 Å². The van der Waals surface area contributed by atoms with Gasteiger partial charge in [0.1, 0.15) is 0 Å². The van der Waals surface area contributed by atoms with Gasteiger partial charge in [0.2, 0.25) is 4.69 Å². The molecule has 50 valence electrons. The molecule has 1 unspecified atom stereocenters. The number of carbonyl (C=O) groups excluding carboxylic acids is 1. The first-order chi connectivity index (χ1) is 4.20. The van der Waals surface area contributed by atoms with Crippen LogP contribution in [0.5, 0.6) is 0 Å². The van der Waals surface area contributed by atoms with Crippen LogP contribution in [0.4, 0.5) is 0 Å². The minimum absolute atomic E-state index is 0.0249. The fourth-order valence-electron chi connectivity index (χ4n) is 0.698. The highest BCUT2D eigenvalue weighted by molar-refractivity contribution is 9.18. The molecular weight excluding hydrogens is 200 g/mol. The Morgan fingerprint density at radius 3 is 2.89 bits per heavy atom. The lowest BCUT2D eigenvalue weighted by Gasteiger charge is -1.89. The third-order valence-electron chi connectivity index (χ3n) is 1.13. The summed E-state index contributed by atoms with van der Waals surface area (Å²) in [5.41, 5.74) is 0. The maximum atomic E-state index is 10.6. The second-order valence-corrected chi connectivity index (χ2v) is 3.87. The van der Waals surface area contributed by atoms with Gasteiger partial charge in [-0.1, -0.05) is 13.0 Å². The van der Waals surface area contributed by atoms with E-state index in [0.717, 1.165) is 10.7 Å². The van der Waals surface area contributed by atoms with Gasteiger partial charge in [0.05, 0.1) is 4.91 Å². The lowest BCUT2D eigenvalue weighted by atomic mass is 10.2. The molecule has 0 N–H and O–H groups in total. The summed E-state index contributed by atoms with van der Waals surface area (Å²) in [4.78, 5) is 11.5. The molecule has 0 saturated heterocycles. The summed E-state index contributed by atoms with van der Waals surface area (Å²) in [7, 11) is 0. The smallest absolute Gasteiger partial charge is 0.234 e. The normalized spacial score (nSPS) is 26.0. The molecule has 0 amide bonds. The first-order valence-corrected chi connectivity index (χ1v) is 4.52. The van der Waals surface area contributed by atoms with Gasteiger partial charge < -0.3 is 0 Å². The van der Waals surface area contributed by atoms with E-state index in [4.69, 9.17) is 0 Å². The maximum Gasteiger partial charge on any atom is 0.234 e. The van der Waals surface area contributed by atoms with Crippen molar-refractivity contribution in [2.75, 3.05) is 5.75 Å². The Labute approximate surface area is 67.0 Å². The SMILES string of the molecule is CC1C=C(C(=O)Br)SC1. The summed E-state index contributed by atoms with van der Waals surface area (Å²) in [6.07, 6.45) is 2.00. The first kappa shape index (κ1) is 7.35. The molecule has 0 spiro atoms. The van der Waals surface area contributed by atoms with Crippen LogP contribution >= 0.6 is 27.7 Å². The highest BCUT2D eigenvalue weighted by Gasteiger charge is 2.15. The van der Waals surface area contributed by atoms with Crippen LogP contribution in [0, 0.1) is 5.92 Å². The Bertz CT molecular complexity index is 164. The molecule has 0 aromatic heterocycles. The fraction of sp³-hybridized carbons (Fsp3) is 0.500. The van der Waals surface area contributed by atoms with Gasteiger partial charge in [0.15, 0.2) is 0 Å². The van der Waals surface area contributed by atoms with Crippen molar-refractivity contribution in [3.63, 3.8) is 0 Å². The van der Waals surface area contributed by atoms with E-state index >= 15 is 0 Å². The Hall–Kier alpha value is 0.240. The topological polar surface area (TPSA) is 17.1 Å². The summed E-state index contributed by atoms with van der Waals surface area (Å²) in [5.74, 6) is 1.61. The average molecular weight is 207 g/mol. The second kappa shape index (κ2) is 2.88. The van der Waals surface area contributed by atoms with Gasteiger partial charge in [-0.2, -0.15) is 0 Å². The Morgan fingerprint density at radius 1 is 2.00 bits per heavy atom. The van der Waals surface area contributed by atoms with Gasteiger partial charge in [-0.25, -0.2) is 0 Å². The number of halogens is 1. The fourth-order valence-corrected chi connectivity index (χ4v) is 2.15. The third-order valence-corrected chi connectivity index (χ3v) is 3.15. The minimum atomic E-state index is 0.0249. The molecule has 0 aromatic rings. The van der Waals surface area contributed by atoms with Gasteiger partial charge in [0.25, 0.3) is 0 Å². The molecule has 9 heavy (non-hydrogen) atoms. The maximum absolute atomic E-state index is 10.6. The van der Waals surface area contributed by atoms with Gasteiger partial charge >= 0.3 is 0 Å². The molecular formula is C6H7BrOS. The zero-order valence-corrected chi connectivity index (χ0v) is 7.46. The summed E-state index contributed by atoms with van der Waals surface area (Å²) in [6, 6.07) is 0. The van der Waals surface area contributed by atoms with Crippen LogP contribution in [0.1, 0.15) is 6.92 Å². The first-order valence-electron chi connectivity index (χ1n) is 2.74. The van der Waals surface area contributed by atoms with E-state index < -0.39 is 0 Å². The Kier molecular flexibility index (Phi) is 2.35. The van der Waals surface area contributed by atoms with Crippen molar-refractivity contribution in [1.82, 2.24) is 0 Å². The highest BCUT2D eigenvalue weighted by Crippen LogP contribution is 2.30. The molecule has 1 aliphatic rings. The largest absolute Gasteiger partial charge is 0.280 e. The van der Waals surface area contributed by atoms with Crippen LogP contribution < -0.4 is 0 Å². The van der Waals surface area contributed by atoms with Crippen molar-refractivity contribution >= 4 is 32.4 Å². The molecule has 1 aliphatic heterocycles. The van der Waals surface area contributed by atoms with Crippen LogP contribution in [0.3, 0.4) is 0 Å². The molecule has 0 aliphatic carbocycles. The molecule has 3 heteroatoms. The molecule has 0 bridgehead atoms. The second-order valence-electron chi connectivity index (χ2n) is 2.09. The molecule has 1 nitrogen and oxygen atoms in total. The van der Waals surface area contributed by atoms with Crippen LogP contribution in [-0.4, -0.2) is 10.4 Å². The van der Waals surface area contributed by atoms with Gasteiger partial charge in [-0.15, -0.1) is 11.8 Å². The molecule has 0 aromatic carbocycles. The highest BCUT2D eigenvalue weighted by atomic mass is 79.9. The lowest BCUT2D eigenvalue weighted by Crippen LogP contribution is -1.83. The molecule has 0 saturated carbocycles. The standard InChI is InChI=1S/C6H7BrOS/c1-4-2-5(6(7)8)9-3-4/h2,4H,3H2,1H3. The number of carbonyl (C=O) groups is 1. The van der Waals surface area contributed by atoms with Crippen molar-refractivity contribution < 1.29 is 4.79 Å². The van der Waals surface area contributed by atoms with E-state index in [9.17, 15) is 4.79 Å². The summed E-state index contributed by atoms with van der Waals surface area (Å²) < 4.78 is 0.0249. The van der Waals surface area contributed by atoms with E-state index in [2.05, 4.69) is 22.9 Å². The van der Waals surface area contributed by atoms with E-state index in [1.807, 2.05) is 6.08 Å². The van der Waals surface area contributed by atoms with Crippen molar-refractivity contribution in [3.05, 3.63) is 11.0 Å². The number of rotatable bonds is 1. The number of hydrogen-bond acceptors (Lipinski definition) is 2. The molecule has 1 heterocycles. The molecule has 1 rings (SSSR count). The van der Waals surface area contributed by atoms with Crippen LogP contribution in [0.15, 0.2) is 11.0 Å². The average Bonchev–Trinajstić information content (AvgIpc) is 2.14. The van der Waals surface area contributed by atoms with E-state index in [0.29, 0.717) is 5.92 Å². The zero-order valence-electron chi connectivity index (χ0n) is 5.06. The number of thioether (sulfide) groups is 1. The lowest BCUT2D eigenvalue weighted by molar-refractivity contribution is -0.106. The zero-order chi connectivity index (χ0) is 6.85. The van der Waals surface area contributed by atoms with E-state index in [-0.39, 0.29) is 4.69 Å². The van der Waals surface area contributed by atoms with Gasteiger partial charge in [0, 0.05) is 5.75 Å². The van der Waals surface area contributed by atoms with E-state index in [1.54, 1.807) is 11.8 Å². The molecule has 0 fully saturated rings. The van der Waals surface area contributed by atoms with Crippen molar-refractivity contribution in [2.24, 2.45) is 5.92 Å². The van der Waals surface area contributed by atoms with Crippen molar-refractivity contribution in [3.8, 4) is 0 Å². The van der Waals surface area contributed by atoms with Gasteiger partial charge in [-0.3, -0.25) is 4.79 Å². The van der Waals surface area contributed by atoms with Crippen LogP contribution in [-0.2, 0) is 4.79 Å². The number of allylic oxidation sites excluding steroid dienone is 2. The summed E-state index contributed by atoms with van der Waals surface area (Å²) in [5, 5.41) is 0. The molecule has 0 radical (unpaired) electrons. The third kappa shape index (κ3) is 1.83. The Balaban J connectivity index is 2.62. The quantitative estimate of drug-likeness (QED) is 0.613. The predicted molar refractivity (Wildman–Crippen MR) is 43.6 cm³/mol. The summed E-state index contributed by atoms with van der Waals surface area (Å²) in [6.45, 7) is 2.11. The monoisotopic (exact) mass is 206 g/mol. The minimum Gasteiger partial charge on any atom is -0.280 e. The molecule has 1 atom stereocenters. The van der Waals surface area contributed by atoms with Crippen LogP contribution in [0.25, 0.3) is 0 Å². The van der Waals surface area contributed by atoms with Crippen molar-refractivity contribution in [1.29, 1.82) is 0 Å². The summed E-state index contributed by atoms with van der Waals surface area (Å²) >= 11 is 4.52. The van der Waals surface area contributed by atoms with Crippen LogP contribution in [0.2, 0.25) is 0 Å². The van der Waals surface area contributed by atoms with Crippen molar-refractivity contribution in [2.45, 2.75) is 6.92 Å². The van der Waals surface area contributed by atoms with Gasteiger partial charge in [-0.05, 0) is 21.8 Å². The number of hydrogen-bond donors (Lipinski definition) is 0.